The molecule has 420 valence electrons. The molecule has 1 aliphatic rings. The molecule has 1 saturated heterocycles. The number of hydrogen-bond acceptors (Lipinski definition) is 12. The van der Waals surface area contributed by atoms with Crippen LogP contribution in [0.25, 0.3) is 0 Å². The van der Waals surface area contributed by atoms with E-state index in [1.165, 1.54) is 37.7 Å². The third kappa shape index (κ3) is 20.8. The molecule has 1 aromatic carbocycles. The lowest BCUT2D eigenvalue weighted by Gasteiger charge is -2.32. The van der Waals surface area contributed by atoms with E-state index >= 15 is 0 Å². The van der Waals surface area contributed by atoms with E-state index in [2.05, 4.69) is 42.2 Å². The van der Waals surface area contributed by atoms with Gasteiger partial charge < -0.3 is 68.5 Å². The van der Waals surface area contributed by atoms with Crippen molar-refractivity contribution in [3.63, 3.8) is 0 Å². The quantitative estimate of drug-likeness (QED) is 0.0231. The zero-order chi connectivity index (χ0) is 56.5. The van der Waals surface area contributed by atoms with Gasteiger partial charge in [0.05, 0.1) is 19.2 Å². The molecule has 0 bridgehead atoms. The molecule has 0 aliphatic carbocycles. The fourth-order valence-corrected chi connectivity index (χ4v) is 8.29. The average Bonchev–Trinajstić information content (AvgIpc) is 3.87. The van der Waals surface area contributed by atoms with Crippen LogP contribution < -0.4 is 48.7 Å². The number of guanidine groups is 1. The van der Waals surface area contributed by atoms with Gasteiger partial charge >= 0.3 is 0 Å². The molecule has 1 aliphatic heterocycles. The summed E-state index contributed by atoms with van der Waals surface area (Å²) < 4.78 is 0. The number of carbonyl (C=O) groups is 10. The molecule has 0 radical (unpaired) electrons. The van der Waals surface area contributed by atoms with Gasteiger partial charge in [-0.15, -0.1) is 0 Å². The standard InChI is InChI=1S/C51H85N13O11/c1-11-20-35(44(69)59-41(30(5)12-2)47(72)58-36(23-18-25-55-51(52)53)50(75)64-26-19-24-37(64)45(70)54-14-4)57-49(74)43(32(7)65)61-48(73)42(31(6)13-3)60-46(71)38(27-34-21-16-15-17-22-34)63(10)40(68)28-56-39(67)29-62(9)33(8)66/h15-17,21-22,30-32,35-38,41-43,65H,11-14,18-20,23-29H2,1-10H3,(H,54,70)(H,56,67)(H,57,74)(H,58,72)(H,59,69)(H,60,71)(H,61,73)(H4,52,53,55)/t30-,31-,32+,35-,36-,37-,38+,41-,42+,43-/m0/s1. The van der Waals surface area contributed by atoms with Crippen LogP contribution in [0.4, 0.5) is 0 Å². The predicted molar refractivity (Wildman–Crippen MR) is 282 cm³/mol. The Morgan fingerprint density at radius 1 is 0.747 bits per heavy atom. The number of nitrogens with two attached hydrogens (primary N) is 2. The number of aliphatic hydroxyl groups excluding tert-OH is 1. The minimum absolute atomic E-state index is 0.0154. The van der Waals surface area contributed by atoms with E-state index < -0.39 is 114 Å². The van der Waals surface area contributed by atoms with Gasteiger partial charge in [0.15, 0.2) is 5.96 Å². The van der Waals surface area contributed by atoms with Gasteiger partial charge in [-0.3, -0.25) is 52.9 Å². The summed E-state index contributed by atoms with van der Waals surface area (Å²) in [5.74, 6) is -7.46. The van der Waals surface area contributed by atoms with Crippen LogP contribution in [0.2, 0.25) is 0 Å². The molecule has 24 heteroatoms. The molecule has 0 aromatic heterocycles. The fourth-order valence-electron chi connectivity index (χ4n) is 8.29. The Morgan fingerprint density at radius 2 is 1.31 bits per heavy atom. The molecule has 10 atom stereocenters. The number of likely N-dealkylation sites (N-methyl/N-ethyl adjacent to an activating group) is 3. The number of aliphatic hydroxyl groups is 1. The lowest BCUT2D eigenvalue weighted by molar-refractivity contribution is -0.142. The normalized spacial score (nSPS) is 16.6. The summed E-state index contributed by atoms with van der Waals surface area (Å²) in [5, 5.41) is 29.7. The molecule has 24 nitrogen and oxygen atoms in total. The number of rotatable bonds is 31. The molecule has 75 heavy (non-hydrogen) atoms. The van der Waals surface area contributed by atoms with Crippen LogP contribution >= 0.6 is 0 Å². The van der Waals surface area contributed by atoms with E-state index in [0.29, 0.717) is 57.2 Å². The number of aliphatic imine (C=N–C) groups is 1. The van der Waals surface area contributed by atoms with Crippen LogP contribution in [0.5, 0.6) is 0 Å². The molecule has 2 rings (SSSR count). The monoisotopic (exact) mass is 1060 g/mol. The lowest BCUT2D eigenvalue weighted by Crippen LogP contribution is -2.63. The van der Waals surface area contributed by atoms with Crippen molar-refractivity contribution >= 4 is 65.0 Å². The highest BCUT2D eigenvalue weighted by atomic mass is 16.3. The lowest BCUT2D eigenvalue weighted by atomic mass is 9.96. The second-order valence-corrected chi connectivity index (χ2v) is 19.3. The number of benzene rings is 1. The number of hydrogen-bond donors (Lipinski definition) is 10. The van der Waals surface area contributed by atoms with E-state index in [0.717, 1.165) is 4.90 Å². The molecule has 0 saturated carbocycles. The van der Waals surface area contributed by atoms with Crippen molar-refractivity contribution in [3.8, 4) is 0 Å². The highest BCUT2D eigenvalue weighted by Gasteiger charge is 2.40. The summed E-state index contributed by atoms with van der Waals surface area (Å²) in [4.78, 5) is 143. The predicted octanol–water partition coefficient (Wildman–Crippen LogP) is -1.47. The SMILES string of the molecule is CCC[C@H](NC(=O)[C@@H](NC(=O)[C@H](NC(=O)[C@@H](Cc1ccccc1)N(C)C(=O)CNC(=O)CN(C)C(C)=O)[C@@H](C)CC)[C@@H](C)O)C(=O)N[C@H](C(=O)N[C@@H](CCCN=C(N)N)C(=O)N1CCC[C@H]1C(=O)NCC)[C@@H](C)CC. The Morgan fingerprint density at radius 3 is 1.85 bits per heavy atom. The zero-order valence-electron chi connectivity index (χ0n) is 45.5. The molecule has 0 spiro atoms. The Hall–Kier alpha value is -6.85. The van der Waals surface area contributed by atoms with Gasteiger partial charge in [-0.05, 0) is 63.4 Å². The van der Waals surface area contributed by atoms with Gasteiger partial charge in [0.2, 0.25) is 59.1 Å². The highest BCUT2D eigenvalue weighted by molar-refractivity contribution is 5.98. The van der Waals surface area contributed by atoms with E-state index in [-0.39, 0.29) is 50.1 Å². The van der Waals surface area contributed by atoms with Gasteiger partial charge in [-0.2, -0.15) is 0 Å². The number of carbonyl (C=O) groups excluding carboxylic acids is 10. The summed E-state index contributed by atoms with van der Waals surface area (Å²) in [5.41, 5.74) is 11.7. The largest absolute Gasteiger partial charge is 0.391 e. The number of amides is 10. The molecular weight excluding hydrogens is 971 g/mol. The van der Waals surface area contributed by atoms with Crippen LogP contribution in [-0.2, 0) is 54.4 Å². The first kappa shape index (κ1) is 64.3. The van der Waals surface area contributed by atoms with Gasteiger partial charge in [0.1, 0.15) is 42.3 Å². The summed E-state index contributed by atoms with van der Waals surface area (Å²) in [6.07, 6.45) is 1.18. The van der Waals surface area contributed by atoms with Crippen LogP contribution in [-0.4, -0.2) is 180 Å². The van der Waals surface area contributed by atoms with Gasteiger partial charge in [-0.25, -0.2) is 0 Å². The summed E-state index contributed by atoms with van der Waals surface area (Å²) in [7, 11) is 2.81. The Bertz CT molecular complexity index is 2120. The first-order valence-corrected chi connectivity index (χ1v) is 26.0. The Labute approximate surface area is 441 Å². The van der Waals surface area contributed by atoms with Crippen LogP contribution in [0.15, 0.2) is 35.3 Å². The second-order valence-electron chi connectivity index (χ2n) is 19.3. The maximum atomic E-state index is 14.3. The van der Waals surface area contributed by atoms with Crippen molar-refractivity contribution < 1.29 is 53.1 Å². The summed E-state index contributed by atoms with van der Waals surface area (Å²) >= 11 is 0. The second kappa shape index (κ2) is 32.5. The van der Waals surface area contributed by atoms with Crippen LogP contribution in [0, 0.1) is 11.8 Å². The van der Waals surface area contributed by atoms with E-state index in [1.807, 2.05) is 6.92 Å². The number of nitrogens with one attached hydrogen (secondary N) is 7. The van der Waals surface area contributed by atoms with E-state index in [9.17, 15) is 53.1 Å². The average molecular weight is 1060 g/mol. The maximum absolute atomic E-state index is 14.3. The van der Waals surface area contributed by atoms with Gasteiger partial charge in [0, 0.05) is 47.1 Å². The highest BCUT2D eigenvalue weighted by Crippen LogP contribution is 2.21. The molecule has 1 fully saturated rings. The van der Waals surface area contributed by atoms with E-state index in [1.54, 1.807) is 65.0 Å². The molecule has 1 aromatic rings. The summed E-state index contributed by atoms with van der Waals surface area (Å²) in [6, 6.07) is 0.382. The number of likely N-dealkylation sites (tertiary alicyclic amines) is 1. The van der Waals surface area contributed by atoms with Crippen molar-refractivity contribution in [2.24, 2.45) is 28.3 Å². The Kier molecular flexibility index (Phi) is 27.8. The first-order valence-electron chi connectivity index (χ1n) is 26.0. The molecule has 0 unspecified atom stereocenters. The zero-order valence-corrected chi connectivity index (χ0v) is 45.5. The molecule has 12 N–H and O–H groups in total. The van der Waals surface area contributed by atoms with Gasteiger partial charge in [0.25, 0.3) is 0 Å². The molecular formula is C51H85N13O11. The van der Waals surface area contributed by atoms with Crippen molar-refractivity contribution in [1.29, 1.82) is 0 Å². The van der Waals surface area contributed by atoms with Crippen molar-refractivity contribution in [2.75, 3.05) is 46.8 Å². The van der Waals surface area contributed by atoms with E-state index in [4.69, 9.17) is 11.5 Å². The summed E-state index contributed by atoms with van der Waals surface area (Å²) in [6.45, 7) is 13.2. The molecule has 10 amide bonds. The third-order valence-electron chi connectivity index (χ3n) is 13.4. The Balaban J connectivity index is 2.37. The fraction of sp³-hybridized carbons (Fsp3) is 0.667. The van der Waals surface area contributed by atoms with Crippen LogP contribution in [0.1, 0.15) is 112 Å². The third-order valence-corrected chi connectivity index (χ3v) is 13.4. The topological polar surface area (TPSA) is 349 Å². The van der Waals surface area contributed by atoms with Crippen LogP contribution in [0.3, 0.4) is 0 Å². The smallest absolute Gasteiger partial charge is 0.245 e. The molecule has 1 heterocycles. The van der Waals surface area contributed by atoms with Crippen molar-refractivity contribution in [2.45, 2.75) is 162 Å². The van der Waals surface area contributed by atoms with Crippen molar-refractivity contribution in [3.05, 3.63) is 35.9 Å². The first-order chi connectivity index (χ1) is 35.4. The maximum Gasteiger partial charge on any atom is 0.245 e. The van der Waals surface area contributed by atoms with Crippen molar-refractivity contribution in [1.82, 2.24) is 51.9 Å². The minimum atomic E-state index is -1.64. The minimum Gasteiger partial charge on any atom is -0.391 e. The number of nitrogens with zero attached hydrogens (tertiary/aromatic N) is 4. The van der Waals surface area contributed by atoms with Gasteiger partial charge in [-0.1, -0.05) is 84.2 Å².